The second-order valence-electron chi connectivity index (χ2n) is 7.22. The summed E-state index contributed by atoms with van der Waals surface area (Å²) in [5.41, 5.74) is -0.433. The Morgan fingerprint density at radius 3 is 2.57 bits per heavy atom. The normalized spacial score (nSPS) is 16.9. The number of thioether (sulfide) groups is 1. The van der Waals surface area contributed by atoms with E-state index in [-0.39, 0.29) is 12.1 Å². The van der Waals surface area contributed by atoms with Crippen molar-refractivity contribution in [3.63, 3.8) is 0 Å². The van der Waals surface area contributed by atoms with Gasteiger partial charge in [-0.3, -0.25) is 0 Å². The molecule has 2 heterocycles. The van der Waals surface area contributed by atoms with Crippen LogP contribution < -0.4 is 0 Å². The Balaban J connectivity index is 1.77. The van der Waals surface area contributed by atoms with Gasteiger partial charge in [-0.2, -0.15) is 0 Å². The molecule has 1 fully saturated rings. The molecule has 0 aromatic carbocycles. The second-order valence-corrected chi connectivity index (χ2v) is 8.21. The zero-order chi connectivity index (χ0) is 17.0. The number of carbonyl (C=O) groups excluding carboxylic acids is 1. The molecule has 0 unspecified atom stereocenters. The summed E-state index contributed by atoms with van der Waals surface area (Å²) in [5.74, 6) is 1.56. The van der Waals surface area contributed by atoms with Crippen molar-refractivity contribution in [2.75, 3.05) is 18.8 Å². The van der Waals surface area contributed by atoms with E-state index in [9.17, 15) is 4.79 Å². The topological polar surface area (TPSA) is 73.1 Å². The second kappa shape index (κ2) is 7.51. The van der Waals surface area contributed by atoms with Crippen LogP contribution in [-0.2, 0) is 4.74 Å². The molecule has 1 aliphatic heterocycles. The van der Waals surface area contributed by atoms with Crippen LogP contribution in [-0.4, -0.2) is 55.6 Å². The minimum atomic E-state index is -0.433. The van der Waals surface area contributed by atoms with Crippen molar-refractivity contribution < 1.29 is 9.53 Å². The van der Waals surface area contributed by atoms with Gasteiger partial charge >= 0.3 is 6.09 Å². The molecule has 2 rings (SSSR count). The number of tetrazole rings is 1. The number of piperidine rings is 1. The highest BCUT2D eigenvalue weighted by Crippen LogP contribution is 2.26. The summed E-state index contributed by atoms with van der Waals surface area (Å²) in [6.45, 7) is 11.3. The van der Waals surface area contributed by atoms with Gasteiger partial charge < -0.3 is 9.64 Å². The van der Waals surface area contributed by atoms with E-state index in [4.69, 9.17) is 4.74 Å². The van der Waals surface area contributed by atoms with Gasteiger partial charge in [0.2, 0.25) is 5.16 Å². The van der Waals surface area contributed by atoms with Gasteiger partial charge in [0.25, 0.3) is 0 Å². The summed E-state index contributed by atoms with van der Waals surface area (Å²) in [7, 11) is 0. The number of nitrogens with zero attached hydrogens (tertiary/aromatic N) is 5. The molecule has 130 valence electrons. The SMILES string of the molecule is CC(C)n1nnnc1SCC1CCN(C(=O)OC(C)(C)C)CC1. The first-order valence-corrected chi connectivity index (χ1v) is 9.13. The third-order valence-corrected chi connectivity index (χ3v) is 4.83. The molecule has 0 bridgehead atoms. The summed E-state index contributed by atoms with van der Waals surface area (Å²) < 4.78 is 7.27. The van der Waals surface area contributed by atoms with Crippen LogP contribution in [0.1, 0.15) is 53.5 Å². The Hall–Kier alpha value is -1.31. The number of carbonyl (C=O) groups is 1. The molecule has 23 heavy (non-hydrogen) atoms. The molecule has 0 spiro atoms. The van der Waals surface area contributed by atoms with Crippen LogP contribution >= 0.6 is 11.8 Å². The fourth-order valence-corrected chi connectivity index (χ4v) is 3.60. The maximum absolute atomic E-state index is 12.1. The van der Waals surface area contributed by atoms with Gasteiger partial charge in [0.05, 0.1) is 6.04 Å². The van der Waals surface area contributed by atoms with Crippen LogP contribution in [0, 0.1) is 5.92 Å². The predicted octanol–water partition coefficient (Wildman–Crippen LogP) is 2.99. The van der Waals surface area contributed by atoms with Crippen molar-refractivity contribution in [1.29, 1.82) is 0 Å². The Kier molecular flexibility index (Phi) is 5.89. The van der Waals surface area contributed by atoms with Gasteiger partial charge in [-0.25, -0.2) is 9.48 Å². The van der Waals surface area contributed by atoms with Crippen LogP contribution in [0.15, 0.2) is 5.16 Å². The maximum Gasteiger partial charge on any atom is 0.410 e. The Bertz CT molecular complexity index is 518. The molecule has 0 aliphatic carbocycles. The van der Waals surface area contributed by atoms with Crippen LogP contribution in [0.25, 0.3) is 0 Å². The minimum absolute atomic E-state index is 0.202. The lowest BCUT2D eigenvalue weighted by Gasteiger charge is -2.33. The molecule has 0 atom stereocenters. The average Bonchev–Trinajstić information content (AvgIpc) is 2.92. The number of hydrogen-bond acceptors (Lipinski definition) is 6. The zero-order valence-corrected chi connectivity index (χ0v) is 15.5. The lowest BCUT2D eigenvalue weighted by molar-refractivity contribution is 0.0191. The average molecular weight is 341 g/mol. The van der Waals surface area contributed by atoms with E-state index in [1.807, 2.05) is 30.4 Å². The van der Waals surface area contributed by atoms with Crippen LogP contribution in [0.3, 0.4) is 0 Å². The molecule has 1 aliphatic rings. The smallest absolute Gasteiger partial charge is 0.410 e. The number of rotatable bonds is 4. The summed E-state index contributed by atoms with van der Waals surface area (Å²) >= 11 is 1.70. The Morgan fingerprint density at radius 1 is 1.35 bits per heavy atom. The van der Waals surface area contributed by atoms with Crippen LogP contribution in [0.2, 0.25) is 0 Å². The fourth-order valence-electron chi connectivity index (χ4n) is 2.41. The van der Waals surface area contributed by atoms with Crippen molar-refractivity contribution in [2.45, 2.75) is 64.3 Å². The zero-order valence-electron chi connectivity index (χ0n) is 14.7. The van der Waals surface area contributed by atoms with Crippen molar-refractivity contribution in [2.24, 2.45) is 5.92 Å². The van der Waals surface area contributed by atoms with E-state index < -0.39 is 5.60 Å². The summed E-state index contributed by atoms with van der Waals surface area (Å²) in [4.78, 5) is 13.9. The lowest BCUT2D eigenvalue weighted by atomic mass is 9.99. The molecule has 0 radical (unpaired) electrons. The molecule has 1 saturated heterocycles. The monoisotopic (exact) mass is 341 g/mol. The standard InChI is InChI=1S/C15H27N5O2S/c1-11(2)20-13(16-17-18-20)23-10-12-6-8-19(9-7-12)14(21)22-15(3,4)5/h11-12H,6-10H2,1-5H3. The highest BCUT2D eigenvalue weighted by molar-refractivity contribution is 7.99. The molecular weight excluding hydrogens is 314 g/mol. The molecular formula is C15H27N5O2S. The first kappa shape index (κ1) is 18.0. The molecule has 8 heteroatoms. The predicted molar refractivity (Wildman–Crippen MR) is 89.5 cm³/mol. The van der Waals surface area contributed by atoms with Crippen molar-refractivity contribution in [3.8, 4) is 0 Å². The summed E-state index contributed by atoms with van der Waals surface area (Å²) in [6, 6.07) is 0.265. The largest absolute Gasteiger partial charge is 0.444 e. The van der Waals surface area contributed by atoms with E-state index in [0.717, 1.165) is 36.8 Å². The third-order valence-electron chi connectivity index (χ3n) is 3.67. The minimum Gasteiger partial charge on any atom is -0.444 e. The van der Waals surface area contributed by atoms with E-state index in [1.165, 1.54) is 0 Å². The van der Waals surface area contributed by atoms with Gasteiger partial charge in [0.1, 0.15) is 5.60 Å². The molecule has 1 amide bonds. The first-order valence-electron chi connectivity index (χ1n) is 8.15. The van der Waals surface area contributed by atoms with E-state index in [0.29, 0.717) is 5.92 Å². The Labute approximate surface area is 142 Å². The van der Waals surface area contributed by atoms with Crippen LogP contribution in [0.5, 0.6) is 0 Å². The van der Waals surface area contributed by atoms with Gasteiger partial charge in [-0.1, -0.05) is 11.8 Å². The maximum atomic E-state index is 12.1. The fraction of sp³-hybridized carbons (Fsp3) is 0.867. The third kappa shape index (κ3) is 5.37. The highest BCUT2D eigenvalue weighted by atomic mass is 32.2. The van der Waals surface area contributed by atoms with E-state index >= 15 is 0 Å². The van der Waals surface area contributed by atoms with Crippen molar-refractivity contribution in [1.82, 2.24) is 25.1 Å². The highest BCUT2D eigenvalue weighted by Gasteiger charge is 2.27. The van der Waals surface area contributed by atoms with Gasteiger partial charge in [-0.15, -0.1) is 5.10 Å². The number of aromatic nitrogens is 4. The number of ether oxygens (including phenoxy) is 1. The number of amides is 1. The van der Waals surface area contributed by atoms with Crippen molar-refractivity contribution >= 4 is 17.9 Å². The molecule has 0 saturated carbocycles. The Morgan fingerprint density at radius 2 is 2.00 bits per heavy atom. The summed E-state index contributed by atoms with van der Waals surface area (Å²) in [5, 5.41) is 12.7. The van der Waals surface area contributed by atoms with E-state index in [2.05, 4.69) is 29.4 Å². The van der Waals surface area contributed by atoms with E-state index in [1.54, 1.807) is 11.8 Å². The van der Waals surface area contributed by atoms with Crippen LogP contribution in [0.4, 0.5) is 4.79 Å². The van der Waals surface area contributed by atoms with Gasteiger partial charge in [-0.05, 0) is 63.8 Å². The molecule has 1 aromatic heterocycles. The quantitative estimate of drug-likeness (QED) is 0.784. The lowest BCUT2D eigenvalue weighted by Crippen LogP contribution is -2.42. The van der Waals surface area contributed by atoms with Crippen molar-refractivity contribution in [3.05, 3.63) is 0 Å². The first-order chi connectivity index (χ1) is 10.8. The summed E-state index contributed by atoms with van der Waals surface area (Å²) in [6.07, 6.45) is 1.79. The molecule has 1 aromatic rings. The van der Waals surface area contributed by atoms with Gasteiger partial charge in [0, 0.05) is 18.8 Å². The van der Waals surface area contributed by atoms with Gasteiger partial charge in [0.15, 0.2) is 0 Å². The molecule has 7 nitrogen and oxygen atoms in total. The number of likely N-dealkylation sites (tertiary alicyclic amines) is 1. The number of hydrogen-bond donors (Lipinski definition) is 0. The molecule has 0 N–H and O–H groups in total.